The van der Waals surface area contributed by atoms with Crippen LogP contribution < -0.4 is 0 Å². The number of hydrogen-bond acceptors (Lipinski definition) is 5. The molecule has 0 heterocycles. The van der Waals surface area contributed by atoms with Gasteiger partial charge < -0.3 is 14.6 Å². The molecule has 0 fully saturated rings. The number of aliphatic hydroxyl groups is 1. The quantitative estimate of drug-likeness (QED) is 0.0456. The molecule has 5 nitrogen and oxygen atoms in total. The Morgan fingerprint density at radius 2 is 0.911 bits per heavy atom. The molecular weight excluding hydrogens is 560 g/mol. The van der Waals surface area contributed by atoms with Gasteiger partial charge in [0.05, 0.1) is 6.61 Å². The van der Waals surface area contributed by atoms with Crippen LogP contribution in [0, 0.1) is 0 Å². The summed E-state index contributed by atoms with van der Waals surface area (Å²) in [4.78, 5) is 24.2. The summed E-state index contributed by atoms with van der Waals surface area (Å²) >= 11 is 0. The molecule has 0 aliphatic rings. The van der Waals surface area contributed by atoms with E-state index in [-0.39, 0.29) is 25.2 Å². The van der Waals surface area contributed by atoms with E-state index >= 15 is 0 Å². The van der Waals surface area contributed by atoms with Crippen LogP contribution in [0.15, 0.2) is 60.8 Å². The molecule has 0 rings (SSSR count). The molecule has 0 saturated heterocycles. The smallest absolute Gasteiger partial charge is 0.306 e. The van der Waals surface area contributed by atoms with E-state index < -0.39 is 6.10 Å². The van der Waals surface area contributed by atoms with Gasteiger partial charge in [0.1, 0.15) is 6.61 Å². The second kappa shape index (κ2) is 36.1. The van der Waals surface area contributed by atoms with Crippen molar-refractivity contribution in [2.24, 2.45) is 0 Å². The maximum atomic E-state index is 12.1. The maximum Gasteiger partial charge on any atom is 0.306 e. The molecule has 0 saturated carbocycles. The van der Waals surface area contributed by atoms with Crippen molar-refractivity contribution in [3.63, 3.8) is 0 Å². The second-order valence-corrected chi connectivity index (χ2v) is 11.9. The predicted octanol–water partition coefficient (Wildman–Crippen LogP) is 11.2. The third kappa shape index (κ3) is 34.3. The summed E-state index contributed by atoms with van der Waals surface area (Å²) in [6.07, 6.45) is 45.5. The maximum absolute atomic E-state index is 12.1. The summed E-state index contributed by atoms with van der Waals surface area (Å²) < 4.78 is 10.6. The minimum absolute atomic E-state index is 0.0857. The van der Waals surface area contributed by atoms with Crippen LogP contribution in [0.5, 0.6) is 0 Å². The molecular formula is C40H68O5. The number of carbonyl (C=O) groups is 2. The van der Waals surface area contributed by atoms with Crippen LogP contribution in [0.3, 0.4) is 0 Å². The SMILES string of the molecule is CCCC/C=C/C/C=C/CCCCCCCC(=O)O[C@@H](CO)COC(=O)CCCCCC/C=C/C/C=C/C/C=C/CCCCC. The molecule has 5 heteroatoms. The van der Waals surface area contributed by atoms with E-state index in [0.29, 0.717) is 12.8 Å². The fourth-order valence-electron chi connectivity index (χ4n) is 4.69. The van der Waals surface area contributed by atoms with Crippen molar-refractivity contribution >= 4 is 11.9 Å². The van der Waals surface area contributed by atoms with Crippen LogP contribution >= 0.6 is 0 Å². The van der Waals surface area contributed by atoms with E-state index in [4.69, 9.17) is 9.47 Å². The van der Waals surface area contributed by atoms with Crippen LogP contribution in [0.1, 0.15) is 162 Å². The first-order valence-electron chi connectivity index (χ1n) is 18.3. The first-order chi connectivity index (χ1) is 22.1. The van der Waals surface area contributed by atoms with Crippen molar-refractivity contribution in [3.05, 3.63) is 60.8 Å². The number of allylic oxidation sites excluding steroid dienone is 10. The number of aliphatic hydroxyl groups excluding tert-OH is 1. The number of esters is 2. The number of unbranched alkanes of at least 4 members (excludes halogenated alkanes) is 14. The minimum Gasteiger partial charge on any atom is -0.462 e. The Kier molecular flexibility index (Phi) is 34.1. The third-order valence-electron chi connectivity index (χ3n) is 7.53. The molecule has 0 aromatic carbocycles. The van der Waals surface area contributed by atoms with Gasteiger partial charge in [0.15, 0.2) is 6.10 Å². The second-order valence-electron chi connectivity index (χ2n) is 11.9. The number of carbonyl (C=O) groups excluding carboxylic acids is 2. The van der Waals surface area contributed by atoms with Gasteiger partial charge in [0.25, 0.3) is 0 Å². The van der Waals surface area contributed by atoms with E-state index in [1.807, 2.05) is 0 Å². The zero-order valence-corrected chi connectivity index (χ0v) is 29.1. The standard InChI is InChI=1S/C40H68O5/c1-3-5-7-9-11-13-15-17-19-20-21-23-24-26-28-30-32-34-39(42)44-37-38(36-41)45-40(43)35-33-31-29-27-25-22-18-16-14-12-10-8-6-4-2/h10-13,16-19,21,23,38,41H,3-9,14-15,20,22,24-37H2,1-2H3/b12-10+,13-11+,18-16+,19-17+,23-21+/t38-/m0/s1. The van der Waals surface area contributed by atoms with Gasteiger partial charge >= 0.3 is 11.9 Å². The van der Waals surface area contributed by atoms with Gasteiger partial charge in [0.2, 0.25) is 0 Å². The van der Waals surface area contributed by atoms with Crippen LogP contribution in [0.25, 0.3) is 0 Å². The lowest BCUT2D eigenvalue weighted by molar-refractivity contribution is -0.161. The first-order valence-corrected chi connectivity index (χ1v) is 18.3. The lowest BCUT2D eigenvalue weighted by Gasteiger charge is -2.15. The molecule has 1 atom stereocenters. The molecule has 0 aromatic rings. The summed E-state index contributed by atoms with van der Waals surface area (Å²) in [5.41, 5.74) is 0. The summed E-state index contributed by atoms with van der Waals surface area (Å²) in [5, 5.41) is 9.52. The van der Waals surface area contributed by atoms with Crippen molar-refractivity contribution < 1.29 is 24.2 Å². The van der Waals surface area contributed by atoms with Gasteiger partial charge in [0, 0.05) is 12.8 Å². The molecule has 258 valence electrons. The molecule has 0 aromatic heterocycles. The van der Waals surface area contributed by atoms with E-state index in [1.165, 1.54) is 51.4 Å². The summed E-state index contributed by atoms with van der Waals surface area (Å²) in [5.74, 6) is -0.638. The summed E-state index contributed by atoms with van der Waals surface area (Å²) in [6.45, 7) is 4.02. The molecule has 45 heavy (non-hydrogen) atoms. The fourth-order valence-corrected chi connectivity index (χ4v) is 4.69. The van der Waals surface area contributed by atoms with Crippen LogP contribution in [0.2, 0.25) is 0 Å². The molecule has 0 unspecified atom stereocenters. The molecule has 0 amide bonds. The molecule has 0 aliphatic carbocycles. The Balaban J connectivity index is 3.66. The van der Waals surface area contributed by atoms with Crippen LogP contribution in [-0.2, 0) is 19.1 Å². The normalized spacial score (nSPS) is 12.9. The van der Waals surface area contributed by atoms with Gasteiger partial charge in [-0.15, -0.1) is 0 Å². The van der Waals surface area contributed by atoms with Gasteiger partial charge in [-0.25, -0.2) is 0 Å². The number of hydrogen-bond donors (Lipinski definition) is 1. The highest BCUT2D eigenvalue weighted by atomic mass is 16.6. The predicted molar refractivity (Wildman–Crippen MR) is 191 cm³/mol. The first kappa shape index (κ1) is 42.6. The highest BCUT2D eigenvalue weighted by Gasteiger charge is 2.16. The van der Waals surface area contributed by atoms with Gasteiger partial charge in [-0.2, -0.15) is 0 Å². The Labute approximate surface area is 277 Å². The Hall–Kier alpha value is -2.40. The zero-order valence-electron chi connectivity index (χ0n) is 29.1. The van der Waals surface area contributed by atoms with E-state index in [9.17, 15) is 14.7 Å². The van der Waals surface area contributed by atoms with Crippen LogP contribution in [-0.4, -0.2) is 36.4 Å². The van der Waals surface area contributed by atoms with Crippen molar-refractivity contribution in [2.45, 2.75) is 168 Å². The minimum atomic E-state index is -0.789. The van der Waals surface area contributed by atoms with Gasteiger partial charge in [-0.3, -0.25) is 9.59 Å². The van der Waals surface area contributed by atoms with Crippen molar-refractivity contribution in [1.29, 1.82) is 0 Å². The average molecular weight is 629 g/mol. The van der Waals surface area contributed by atoms with Crippen molar-refractivity contribution in [2.75, 3.05) is 13.2 Å². The fraction of sp³-hybridized carbons (Fsp3) is 0.700. The highest BCUT2D eigenvalue weighted by molar-refractivity contribution is 5.70. The molecule has 0 radical (unpaired) electrons. The molecule has 0 spiro atoms. The Morgan fingerprint density at radius 1 is 0.511 bits per heavy atom. The topological polar surface area (TPSA) is 72.8 Å². The van der Waals surface area contributed by atoms with E-state index in [0.717, 1.165) is 83.5 Å². The lowest BCUT2D eigenvalue weighted by Crippen LogP contribution is -2.28. The Bertz CT molecular complexity index is 808. The van der Waals surface area contributed by atoms with Crippen molar-refractivity contribution in [3.8, 4) is 0 Å². The summed E-state index contributed by atoms with van der Waals surface area (Å²) in [7, 11) is 0. The molecule has 1 N–H and O–H groups in total. The van der Waals surface area contributed by atoms with E-state index in [1.54, 1.807) is 0 Å². The Morgan fingerprint density at radius 3 is 1.40 bits per heavy atom. The van der Waals surface area contributed by atoms with E-state index in [2.05, 4.69) is 74.6 Å². The highest BCUT2D eigenvalue weighted by Crippen LogP contribution is 2.11. The lowest BCUT2D eigenvalue weighted by atomic mass is 10.1. The number of rotatable bonds is 32. The molecule has 0 aliphatic heterocycles. The largest absolute Gasteiger partial charge is 0.462 e. The average Bonchev–Trinajstić information content (AvgIpc) is 3.04. The zero-order chi connectivity index (χ0) is 32.9. The monoisotopic (exact) mass is 629 g/mol. The number of ether oxygens (including phenoxy) is 2. The third-order valence-corrected chi connectivity index (χ3v) is 7.53. The van der Waals surface area contributed by atoms with Gasteiger partial charge in [-0.05, 0) is 77.0 Å². The van der Waals surface area contributed by atoms with Crippen molar-refractivity contribution in [1.82, 2.24) is 0 Å². The van der Waals surface area contributed by atoms with Crippen LogP contribution in [0.4, 0.5) is 0 Å². The molecule has 0 bridgehead atoms. The van der Waals surface area contributed by atoms with Gasteiger partial charge in [-0.1, -0.05) is 132 Å². The summed E-state index contributed by atoms with van der Waals surface area (Å²) in [6, 6.07) is 0.